The van der Waals surface area contributed by atoms with E-state index in [9.17, 15) is 4.79 Å². The Balaban J connectivity index is 1.84. The summed E-state index contributed by atoms with van der Waals surface area (Å²) in [7, 11) is 0. The summed E-state index contributed by atoms with van der Waals surface area (Å²) >= 11 is 3.29. The summed E-state index contributed by atoms with van der Waals surface area (Å²) in [6.45, 7) is 1.59. The van der Waals surface area contributed by atoms with E-state index in [2.05, 4.69) is 20.8 Å². The molecule has 3 rings (SSSR count). The average molecular weight is 322 g/mol. The third-order valence-corrected chi connectivity index (χ3v) is 3.72. The zero-order valence-corrected chi connectivity index (χ0v) is 11.7. The fraction of sp³-hybridized carbons (Fsp3) is 0.214. The lowest BCUT2D eigenvalue weighted by Gasteiger charge is -2.17. The maximum atomic E-state index is 10.9. The van der Waals surface area contributed by atoms with Gasteiger partial charge in [0.15, 0.2) is 4.67 Å². The average Bonchev–Trinajstić information content (AvgIpc) is 2.96. The first kappa shape index (κ1) is 12.3. The van der Waals surface area contributed by atoms with E-state index in [0.29, 0.717) is 12.1 Å². The predicted octanol–water partition coefficient (Wildman–Crippen LogP) is 3.30. The van der Waals surface area contributed by atoms with Gasteiger partial charge in [-0.3, -0.25) is 0 Å². The lowest BCUT2D eigenvalue weighted by atomic mass is 10.1. The molecule has 1 aromatic carbocycles. The summed E-state index contributed by atoms with van der Waals surface area (Å²) in [6, 6.07) is 9.10. The number of hydrogen-bond acceptors (Lipinski definition) is 3. The van der Waals surface area contributed by atoms with Crippen molar-refractivity contribution in [3.8, 4) is 0 Å². The minimum Gasteiger partial charge on any atom is -0.478 e. The number of halogens is 1. The van der Waals surface area contributed by atoms with Crippen LogP contribution in [0.3, 0.4) is 0 Å². The van der Waals surface area contributed by atoms with Gasteiger partial charge in [0.1, 0.15) is 5.76 Å². The number of hydrogen-bond donors (Lipinski definition) is 1. The molecular weight excluding hydrogens is 310 g/mol. The molecule has 0 saturated heterocycles. The van der Waals surface area contributed by atoms with Crippen LogP contribution in [0.15, 0.2) is 39.4 Å². The van der Waals surface area contributed by atoms with Gasteiger partial charge in [-0.2, -0.15) is 0 Å². The number of carboxylic acid groups (broad SMARTS) is 1. The van der Waals surface area contributed by atoms with Gasteiger partial charge in [0.25, 0.3) is 0 Å². The van der Waals surface area contributed by atoms with Crippen molar-refractivity contribution in [1.29, 1.82) is 0 Å². The predicted molar refractivity (Wildman–Crippen MR) is 74.6 cm³/mol. The van der Waals surface area contributed by atoms with Crippen molar-refractivity contribution in [1.82, 2.24) is 0 Å². The van der Waals surface area contributed by atoms with Crippen molar-refractivity contribution in [3.63, 3.8) is 0 Å². The highest BCUT2D eigenvalue weighted by atomic mass is 79.9. The van der Waals surface area contributed by atoms with Crippen LogP contribution in [0.25, 0.3) is 0 Å². The third-order valence-electron chi connectivity index (χ3n) is 3.29. The smallest absolute Gasteiger partial charge is 0.335 e. The molecule has 0 radical (unpaired) electrons. The van der Waals surface area contributed by atoms with Crippen molar-refractivity contribution in [2.24, 2.45) is 0 Å². The number of benzene rings is 1. The third kappa shape index (κ3) is 2.38. The normalized spacial score (nSPS) is 13.6. The van der Waals surface area contributed by atoms with Crippen molar-refractivity contribution >= 4 is 27.6 Å². The topological polar surface area (TPSA) is 53.7 Å². The van der Waals surface area contributed by atoms with Gasteiger partial charge in [-0.05, 0) is 58.2 Å². The molecule has 0 bridgehead atoms. The molecule has 1 aliphatic rings. The standard InChI is InChI=1S/C14H12BrNO3/c15-13-4-2-11(19-13)8-16-6-5-9-7-10(14(17)18)1-3-12(9)16/h1-4,7H,5-6,8H2,(H,17,18). The number of nitrogens with zero attached hydrogens (tertiary/aromatic N) is 1. The second-order valence-corrected chi connectivity index (χ2v) is 5.31. The largest absolute Gasteiger partial charge is 0.478 e. The first-order valence-corrected chi connectivity index (χ1v) is 6.78. The summed E-state index contributed by atoms with van der Waals surface area (Å²) in [5.41, 5.74) is 2.53. The molecule has 2 aromatic rings. The summed E-state index contributed by atoms with van der Waals surface area (Å²) in [4.78, 5) is 13.1. The van der Waals surface area contributed by atoms with Crippen molar-refractivity contribution in [3.05, 3.63) is 51.9 Å². The van der Waals surface area contributed by atoms with Gasteiger partial charge in [-0.15, -0.1) is 0 Å². The van der Waals surface area contributed by atoms with E-state index in [1.807, 2.05) is 18.2 Å². The molecule has 0 atom stereocenters. The molecule has 5 heteroatoms. The minimum absolute atomic E-state index is 0.348. The SMILES string of the molecule is O=C(O)c1ccc2c(c1)CCN2Cc1ccc(Br)o1. The van der Waals surface area contributed by atoms with Gasteiger partial charge in [-0.25, -0.2) is 4.79 Å². The van der Waals surface area contributed by atoms with Gasteiger partial charge in [0.05, 0.1) is 12.1 Å². The van der Waals surface area contributed by atoms with E-state index in [4.69, 9.17) is 9.52 Å². The maximum Gasteiger partial charge on any atom is 0.335 e. The Morgan fingerprint density at radius 3 is 2.89 bits per heavy atom. The Morgan fingerprint density at radius 1 is 1.37 bits per heavy atom. The molecule has 1 N–H and O–H groups in total. The fourth-order valence-electron chi connectivity index (χ4n) is 2.39. The molecular formula is C14H12BrNO3. The fourth-order valence-corrected chi connectivity index (χ4v) is 2.73. The molecule has 0 spiro atoms. The van der Waals surface area contributed by atoms with Crippen LogP contribution in [0.5, 0.6) is 0 Å². The van der Waals surface area contributed by atoms with Gasteiger partial charge in [0, 0.05) is 12.2 Å². The molecule has 0 aliphatic carbocycles. The Morgan fingerprint density at radius 2 is 2.21 bits per heavy atom. The van der Waals surface area contributed by atoms with Crippen LogP contribution >= 0.6 is 15.9 Å². The minimum atomic E-state index is -0.879. The Hall–Kier alpha value is -1.75. The molecule has 0 fully saturated rings. The number of carbonyl (C=O) groups is 1. The molecule has 19 heavy (non-hydrogen) atoms. The second kappa shape index (κ2) is 4.74. The van der Waals surface area contributed by atoms with E-state index in [0.717, 1.165) is 34.6 Å². The maximum absolute atomic E-state index is 10.9. The van der Waals surface area contributed by atoms with E-state index in [1.54, 1.807) is 12.1 Å². The highest BCUT2D eigenvalue weighted by Gasteiger charge is 2.21. The molecule has 1 aliphatic heterocycles. The molecule has 0 amide bonds. The van der Waals surface area contributed by atoms with Crippen LogP contribution < -0.4 is 4.90 Å². The van der Waals surface area contributed by atoms with E-state index in [1.165, 1.54) is 0 Å². The van der Waals surface area contributed by atoms with E-state index >= 15 is 0 Å². The van der Waals surface area contributed by atoms with Gasteiger partial charge in [-0.1, -0.05) is 0 Å². The molecule has 0 saturated carbocycles. The molecule has 98 valence electrons. The lowest BCUT2D eigenvalue weighted by Crippen LogP contribution is -2.19. The van der Waals surface area contributed by atoms with Crippen LogP contribution in [-0.2, 0) is 13.0 Å². The van der Waals surface area contributed by atoms with Gasteiger partial charge < -0.3 is 14.4 Å². The van der Waals surface area contributed by atoms with Crippen LogP contribution in [0.1, 0.15) is 21.7 Å². The zero-order valence-electron chi connectivity index (χ0n) is 10.1. The van der Waals surface area contributed by atoms with Crippen molar-refractivity contribution < 1.29 is 14.3 Å². The summed E-state index contributed by atoms with van der Waals surface area (Å²) < 4.78 is 6.23. The molecule has 0 unspecified atom stereocenters. The zero-order chi connectivity index (χ0) is 13.4. The quantitative estimate of drug-likeness (QED) is 0.942. The van der Waals surface area contributed by atoms with Crippen LogP contribution in [-0.4, -0.2) is 17.6 Å². The number of fused-ring (bicyclic) bond motifs is 1. The summed E-state index contributed by atoms with van der Waals surface area (Å²) in [5, 5.41) is 8.99. The monoisotopic (exact) mass is 321 g/mol. The molecule has 2 heterocycles. The number of rotatable bonds is 3. The number of carboxylic acids is 1. The summed E-state index contributed by atoms with van der Waals surface area (Å²) in [5.74, 6) is 0.0123. The van der Waals surface area contributed by atoms with Crippen molar-refractivity contribution in [2.75, 3.05) is 11.4 Å². The summed E-state index contributed by atoms with van der Waals surface area (Å²) in [6.07, 6.45) is 0.873. The van der Waals surface area contributed by atoms with Crippen LogP contribution in [0.4, 0.5) is 5.69 Å². The van der Waals surface area contributed by atoms with E-state index < -0.39 is 5.97 Å². The Bertz CT molecular complexity index is 635. The van der Waals surface area contributed by atoms with Gasteiger partial charge >= 0.3 is 5.97 Å². The highest BCUT2D eigenvalue weighted by Crippen LogP contribution is 2.30. The number of furan rings is 1. The first-order chi connectivity index (χ1) is 9.13. The first-order valence-electron chi connectivity index (χ1n) is 5.99. The van der Waals surface area contributed by atoms with Gasteiger partial charge in [0.2, 0.25) is 0 Å². The Labute approximate surface area is 118 Å². The lowest BCUT2D eigenvalue weighted by molar-refractivity contribution is 0.0697. The number of anilines is 1. The van der Waals surface area contributed by atoms with Crippen molar-refractivity contribution in [2.45, 2.75) is 13.0 Å². The second-order valence-electron chi connectivity index (χ2n) is 4.53. The van der Waals surface area contributed by atoms with Crippen LogP contribution in [0.2, 0.25) is 0 Å². The Kier molecular flexibility index (Phi) is 3.06. The molecule has 1 aromatic heterocycles. The highest BCUT2D eigenvalue weighted by molar-refractivity contribution is 9.10. The van der Waals surface area contributed by atoms with E-state index in [-0.39, 0.29) is 0 Å². The molecule has 4 nitrogen and oxygen atoms in total. The number of aromatic carboxylic acids is 1. The van der Waals surface area contributed by atoms with Crippen LogP contribution in [0, 0.1) is 0 Å².